The first-order valence-electron chi connectivity index (χ1n) is 10.7. The van der Waals surface area contributed by atoms with Gasteiger partial charge in [-0.3, -0.25) is 4.79 Å². The van der Waals surface area contributed by atoms with Crippen molar-refractivity contribution in [3.8, 4) is 0 Å². The molecule has 0 amide bonds. The van der Waals surface area contributed by atoms with Gasteiger partial charge in [-0.25, -0.2) is 0 Å². The van der Waals surface area contributed by atoms with Crippen LogP contribution in [0.3, 0.4) is 0 Å². The minimum absolute atomic E-state index is 0.00584. The zero-order valence-corrected chi connectivity index (χ0v) is 18.2. The van der Waals surface area contributed by atoms with E-state index in [4.69, 9.17) is 4.74 Å². The molecule has 27 heavy (non-hydrogen) atoms. The molecule has 0 aromatic rings. The van der Waals surface area contributed by atoms with Crippen LogP contribution in [0.5, 0.6) is 0 Å². The highest BCUT2D eigenvalue weighted by Crippen LogP contribution is 2.35. The van der Waals surface area contributed by atoms with Crippen molar-refractivity contribution >= 4 is 17.7 Å². The third kappa shape index (κ3) is 6.78. The van der Waals surface area contributed by atoms with Crippen molar-refractivity contribution < 1.29 is 9.53 Å². The van der Waals surface area contributed by atoms with Gasteiger partial charge in [0.1, 0.15) is 0 Å². The van der Waals surface area contributed by atoms with Crippen LogP contribution >= 0.6 is 11.8 Å². The van der Waals surface area contributed by atoms with Crippen LogP contribution in [-0.2, 0) is 9.53 Å². The molecule has 0 aliphatic heterocycles. The molecule has 2 saturated carbocycles. The third-order valence-corrected chi connectivity index (χ3v) is 6.77. The van der Waals surface area contributed by atoms with E-state index in [1.54, 1.807) is 11.8 Å². The largest absolute Gasteiger partial charge is 0.466 e. The summed E-state index contributed by atoms with van der Waals surface area (Å²) in [6.07, 6.45) is 11.2. The van der Waals surface area contributed by atoms with Gasteiger partial charge in [0.2, 0.25) is 0 Å². The van der Waals surface area contributed by atoms with E-state index < -0.39 is 0 Å². The molecule has 0 aromatic carbocycles. The summed E-state index contributed by atoms with van der Waals surface area (Å²) in [5.41, 5.74) is 0. The number of esters is 1. The van der Waals surface area contributed by atoms with Crippen molar-refractivity contribution in [2.45, 2.75) is 84.2 Å². The summed E-state index contributed by atoms with van der Waals surface area (Å²) in [7, 11) is 0. The van der Waals surface area contributed by atoms with Crippen molar-refractivity contribution in [3.63, 3.8) is 0 Å². The van der Waals surface area contributed by atoms with Crippen molar-refractivity contribution in [2.75, 3.05) is 12.5 Å². The van der Waals surface area contributed by atoms with Gasteiger partial charge in [0.25, 0.3) is 0 Å². The van der Waals surface area contributed by atoms with E-state index in [0.29, 0.717) is 18.7 Å². The van der Waals surface area contributed by atoms with E-state index in [1.807, 2.05) is 13.8 Å². The molecule has 154 valence electrons. The minimum atomic E-state index is -0.00584. The first kappa shape index (κ1) is 22.2. The number of nitrogens with one attached hydrogen (secondary N) is 1. The number of allylic oxidation sites excluding steroid dienone is 1. The Hall–Kier alpha value is -1.10. The Kier molecular flexibility index (Phi) is 9.60. The Labute approximate surface area is 170 Å². The first-order chi connectivity index (χ1) is 13.1. The van der Waals surface area contributed by atoms with E-state index >= 15 is 0 Å². The van der Waals surface area contributed by atoms with E-state index in [0.717, 1.165) is 43.3 Å². The van der Waals surface area contributed by atoms with E-state index in [1.165, 1.54) is 25.7 Å². The number of ether oxygens (including phenoxy) is 1. The fourth-order valence-electron chi connectivity index (χ4n) is 4.47. The Bertz CT molecular complexity index is 493. The number of hydrogen-bond acceptors (Lipinski definition) is 5. The van der Waals surface area contributed by atoms with Gasteiger partial charge in [0, 0.05) is 12.1 Å². The second-order valence-electron chi connectivity index (χ2n) is 7.98. The number of nitrogens with zero attached hydrogens (tertiary/aromatic N) is 1. The van der Waals surface area contributed by atoms with Crippen LogP contribution < -0.4 is 5.32 Å². The normalized spacial score (nSPS) is 28.7. The zero-order chi connectivity index (χ0) is 19.6. The van der Waals surface area contributed by atoms with Crippen molar-refractivity contribution in [1.29, 1.82) is 0 Å². The molecule has 0 atom stereocenters. The Morgan fingerprint density at radius 2 is 1.74 bits per heavy atom. The van der Waals surface area contributed by atoms with Crippen LogP contribution in [0.4, 0.5) is 0 Å². The molecule has 0 radical (unpaired) electrons. The summed E-state index contributed by atoms with van der Waals surface area (Å²) in [5.74, 6) is 2.83. The summed E-state index contributed by atoms with van der Waals surface area (Å²) in [6, 6.07) is 1.07. The van der Waals surface area contributed by atoms with Crippen molar-refractivity contribution in [3.05, 3.63) is 23.9 Å². The smallest absolute Gasteiger partial charge is 0.308 e. The van der Waals surface area contributed by atoms with Gasteiger partial charge in [0.15, 0.2) is 0 Å². The molecule has 0 heterocycles. The summed E-state index contributed by atoms with van der Waals surface area (Å²) < 4.78 is 5.24. The number of thioether (sulfide) groups is 1. The monoisotopic (exact) mass is 394 g/mol. The fraction of sp³-hybridized carbons (Fsp3) is 0.773. The standard InChI is InChI=1S/C22H38N2O2S/c1-5-15-27-16-23-18(4)24(20-11-7-17(3)8-12-20)21-13-9-19(10-14-21)22(25)26-6-2/h5,15,17,19-21,23H,4,6-14,16H2,1-3H3/b15-5-. The lowest BCUT2D eigenvalue weighted by Crippen LogP contribution is -2.48. The quantitative estimate of drug-likeness (QED) is 0.328. The van der Waals surface area contributed by atoms with Crippen LogP contribution in [-0.4, -0.2) is 35.4 Å². The topological polar surface area (TPSA) is 41.6 Å². The van der Waals surface area contributed by atoms with Gasteiger partial charge in [0.05, 0.1) is 24.2 Å². The number of rotatable bonds is 9. The van der Waals surface area contributed by atoms with Gasteiger partial charge in [-0.1, -0.05) is 19.6 Å². The highest BCUT2D eigenvalue weighted by Gasteiger charge is 2.34. The third-order valence-electron chi connectivity index (χ3n) is 5.99. The molecule has 1 N–H and O–H groups in total. The summed E-state index contributed by atoms with van der Waals surface area (Å²) >= 11 is 1.76. The molecule has 0 saturated heterocycles. The predicted molar refractivity (Wildman–Crippen MR) is 115 cm³/mol. The maximum Gasteiger partial charge on any atom is 0.308 e. The molecule has 0 aromatic heterocycles. The van der Waals surface area contributed by atoms with E-state index in [-0.39, 0.29) is 11.9 Å². The van der Waals surface area contributed by atoms with Gasteiger partial charge >= 0.3 is 5.97 Å². The average molecular weight is 395 g/mol. The number of carbonyl (C=O) groups is 1. The lowest BCUT2D eigenvalue weighted by Gasteiger charge is -2.45. The molecule has 0 unspecified atom stereocenters. The molecule has 2 aliphatic rings. The molecule has 2 aliphatic carbocycles. The van der Waals surface area contributed by atoms with Crippen LogP contribution in [0.2, 0.25) is 0 Å². The molecule has 5 heteroatoms. The minimum Gasteiger partial charge on any atom is -0.466 e. The molecule has 4 nitrogen and oxygen atoms in total. The van der Waals surface area contributed by atoms with Crippen LogP contribution in [0.1, 0.15) is 72.1 Å². The van der Waals surface area contributed by atoms with Crippen LogP contribution in [0.15, 0.2) is 23.9 Å². The molecule has 0 spiro atoms. The number of carbonyl (C=O) groups excluding carboxylic acids is 1. The zero-order valence-electron chi connectivity index (χ0n) is 17.4. The first-order valence-corrected chi connectivity index (χ1v) is 11.7. The summed E-state index contributed by atoms with van der Waals surface area (Å²) in [6.45, 7) is 11.2. The van der Waals surface area contributed by atoms with E-state index in [9.17, 15) is 4.79 Å². The highest BCUT2D eigenvalue weighted by molar-refractivity contribution is 8.02. The fourth-order valence-corrected chi connectivity index (χ4v) is 5.01. The lowest BCUT2D eigenvalue weighted by atomic mass is 9.82. The maximum atomic E-state index is 12.1. The number of hydrogen-bond donors (Lipinski definition) is 1. The van der Waals surface area contributed by atoms with Gasteiger partial charge in [-0.2, -0.15) is 0 Å². The second kappa shape index (κ2) is 11.7. The molecule has 2 fully saturated rings. The molecule has 0 bridgehead atoms. The van der Waals surface area contributed by atoms with Crippen molar-refractivity contribution in [2.24, 2.45) is 11.8 Å². The predicted octanol–water partition coefficient (Wildman–Crippen LogP) is 5.27. The second-order valence-corrected chi connectivity index (χ2v) is 8.88. The van der Waals surface area contributed by atoms with Crippen LogP contribution in [0.25, 0.3) is 0 Å². The van der Waals surface area contributed by atoms with Crippen LogP contribution in [0, 0.1) is 11.8 Å². The Balaban J connectivity index is 1.97. The lowest BCUT2D eigenvalue weighted by molar-refractivity contribution is -0.149. The van der Waals surface area contributed by atoms with E-state index in [2.05, 4.69) is 35.2 Å². The maximum absolute atomic E-state index is 12.1. The van der Waals surface area contributed by atoms with Crippen molar-refractivity contribution in [1.82, 2.24) is 10.2 Å². The summed E-state index contributed by atoms with van der Waals surface area (Å²) in [4.78, 5) is 14.6. The van der Waals surface area contributed by atoms with Gasteiger partial charge < -0.3 is 15.0 Å². The molecular weight excluding hydrogens is 356 g/mol. The average Bonchev–Trinajstić information content (AvgIpc) is 2.68. The Morgan fingerprint density at radius 3 is 2.30 bits per heavy atom. The van der Waals surface area contributed by atoms with Gasteiger partial charge in [-0.15, -0.1) is 11.8 Å². The SMILES string of the molecule is C=C(NCS/C=C\C)N(C1CCC(C)CC1)C1CCC(C(=O)OCC)CC1. The van der Waals surface area contributed by atoms with Gasteiger partial charge in [-0.05, 0) is 76.5 Å². The molecular formula is C22H38N2O2S. The summed E-state index contributed by atoms with van der Waals surface area (Å²) in [5, 5.41) is 5.64. The Morgan fingerprint density at radius 1 is 1.15 bits per heavy atom. The molecule has 2 rings (SSSR count). The highest BCUT2D eigenvalue weighted by atomic mass is 32.2.